The maximum absolute atomic E-state index is 12.3. The fourth-order valence-corrected chi connectivity index (χ4v) is 4.68. The van der Waals surface area contributed by atoms with Crippen molar-refractivity contribution in [1.29, 1.82) is 0 Å². The highest BCUT2D eigenvalue weighted by atomic mass is 127. The van der Waals surface area contributed by atoms with Crippen molar-refractivity contribution in [3.63, 3.8) is 0 Å². The summed E-state index contributed by atoms with van der Waals surface area (Å²) in [4.78, 5) is 25.9. The first kappa shape index (κ1) is 18.9. The Balaban J connectivity index is 1.57. The number of thiophene rings is 1. The lowest BCUT2D eigenvalue weighted by molar-refractivity contribution is 0.0651. The minimum Gasteiger partial charge on any atom is -0.274 e. The van der Waals surface area contributed by atoms with E-state index in [0.717, 1.165) is 15.7 Å². The molecule has 0 saturated heterocycles. The first-order chi connectivity index (χ1) is 11.2. The summed E-state index contributed by atoms with van der Waals surface area (Å²) in [6.45, 7) is 2.82. The van der Waals surface area contributed by atoms with E-state index in [4.69, 9.17) is 0 Å². The van der Waals surface area contributed by atoms with Crippen molar-refractivity contribution in [2.24, 2.45) is 0 Å². The van der Waals surface area contributed by atoms with E-state index in [1.54, 1.807) is 0 Å². The van der Waals surface area contributed by atoms with Crippen LogP contribution in [0, 0.1) is 2.88 Å². The molecule has 1 aromatic heterocycles. The summed E-state index contributed by atoms with van der Waals surface area (Å²) in [6.07, 6.45) is 12.6. The van der Waals surface area contributed by atoms with E-state index >= 15 is 0 Å². The molecule has 0 aromatic carbocycles. The monoisotopic (exact) mass is 447 g/mol. The van der Waals surface area contributed by atoms with Crippen molar-refractivity contribution in [3.8, 4) is 0 Å². The number of carbonyl (C=O) groups is 2. The first-order valence-corrected chi connectivity index (χ1v) is 10.8. The number of amides is 2. The van der Waals surface area contributed by atoms with Crippen LogP contribution in [0.4, 0.5) is 0 Å². The van der Waals surface area contributed by atoms with Crippen LogP contribution in [0.15, 0.2) is 5.38 Å². The van der Waals surface area contributed by atoms with E-state index in [1.165, 1.54) is 67.6 Å². The van der Waals surface area contributed by atoms with Crippen LogP contribution >= 0.6 is 33.9 Å². The van der Waals surface area contributed by atoms with Crippen molar-refractivity contribution < 1.29 is 9.59 Å². The molecule has 128 valence electrons. The quantitative estimate of drug-likeness (QED) is 0.242. The van der Waals surface area contributed by atoms with E-state index in [0.29, 0.717) is 17.7 Å². The normalized spacial score (nSPS) is 13.9. The molecular formula is C18H26INO2S. The van der Waals surface area contributed by atoms with Crippen LogP contribution in [-0.4, -0.2) is 23.3 Å². The summed E-state index contributed by atoms with van der Waals surface area (Å²) < 4.78 is 0.932. The van der Waals surface area contributed by atoms with Crippen molar-refractivity contribution in [2.45, 2.75) is 71.1 Å². The van der Waals surface area contributed by atoms with Crippen LogP contribution in [0.5, 0.6) is 0 Å². The number of nitrogens with zero attached hydrogens (tertiary/aromatic N) is 1. The van der Waals surface area contributed by atoms with Gasteiger partial charge in [0, 0.05) is 11.9 Å². The lowest BCUT2D eigenvalue weighted by atomic mass is 10.1. The standard InChI is InChI=1S/C18H26INO2S/c1-2-3-4-5-6-7-8-9-10-11-12-20-17(21)14-13-23-16(19)15(14)18(20)22/h13H,2-12H2,1H3. The van der Waals surface area contributed by atoms with Gasteiger partial charge >= 0.3 is 0 Å². The summed E-state index contributed by atoms with van der Waals surface area (Å²) in [5, 5.41) is 1.82. The van der Waals surface area contributed by atoms with E-state index in [-0.39, 0.29) is 11.8 Å². The molecule has 2 amide bonds. The predicted molar refractivity (Wildman–Crippen MR) is 104 cm³/mol. The van der Waals surface area contributed by atoms with Gasteiger partial charge in [-0.05, 0) is 29.0 Å². The first-order valence-electron chi connectivity index (χ1n) is 8.80. The number of carbonyl (C=O) groups excluding carboxylic acids is 2. The molecule has 0 fully saturated rings. The molecule has 0 bridgehead atoms. The minimum atomic E-state index is -0.0971. The molecule has 0 atom stereocenters. The Kier molecular flexibility index (Phi) is 8.03. The largest absolute Gasteiger partial charge is 0.274 e. The van der Waals surface area contributed by atoms with Crippen LogP contribution in [-0.2, 0) is 0 Å². The Bertz CT molecular complexity index is 541. The zero-order valence-electron chi connectivity index (χ0n) is 13.9. The number of halogens is 1. The fourth-order valence-electron chi connectivity index (χ4n) is 3.02. The van der Waals surface area contributed by atoms with Crippen molar-refractivity contribution >= 4 is 45.7 Å². The van der Waals surface area contributed by atoms with Gasteiger partial charge in [0.25, 0.3) is 11.8 Å². The SMILES string of the molecule is CCCCCCCCCCCCN1C(=O)c2csc(I)c2C1=O. The predicted octanol–water partition coefficient (Wildman–Crippen LogP) is 5.87. The minimum absolute atomic E-state index is 0.0911. The smallest absolute Gasteiger partial charge is 0.263 e. The Labute approximate surface area is 157 Å². The van der Waals surface area contributed by atoms with Gasteiger partial charge in [-0.25, -0.2) is 0 Å². The lowest BCUT2D eigenvalue weighted by Crippen LogP contribution is -2.31. The van der Waals surface area contributed by atoms with E-state index in [2.05, 4.69) is 29.5 Å². The molecule has 1 aliphatic heterocycles. The second-order valence-electron chi connectivity index (χ2n) is 6.24. The van der Waals surface area contributed by atoms with Gasteiger partial charge in [-0.1, -0.05) is 64.7 Å². The summed E-state index contributed by atoms with van der Waals surface area (Å²) >= 11 is 3.63. The zero-order valence-corrected chi connectivity index (χ0v) is 16.9. The van der Waals surface area contributed by atoms with Crippen LogP contribution in [0.2, 0.25) is 0 Å². The molecule has 3 nitrogen and oxygen atoms in total. The third kappa shape index (κ3) is 5.02. The van der Waals surface area contributed by atoms with Crippen LogP contribution < -0.4 is 0 Å². The van der Waals surface area contributed by atoms with Crippen molar-refractivity contribution in [2.75, 3.05) is 6.54 Å². The van der Waals surface area contributed by atoms with Gasteiger partial charge in [-0.2, -0.15) is 0 Å². The molecule has 0 aliphatic carbocycles. The van der Waals surface area contributed by atoms with E-state index in [9.17, 15) is 9.59 Å². The van der Waals surface area contributed by atoms with E-state index in [1.807, 2.05) is 5.38 Å². The van der Waals surface area contributed by atoms with Gasteiger partial charge in [-0.15, -0.1) is 11.3 Å². The van der Waals surface area contributed by atoms with Gasteiger partial charge < -0.3 is 0 Å². The Hall–Kier alpha value is -0.430. The third-order valence-electron chi connectivity index (χ3n) is 4.42. The average Bonchev–Trinajstić information content (AvgIpc) is 3.03. The van der Waals surface area contributed by atoms with Crippen molar-refractivity contribution in [1.82, 2.24) is 4.90 Å². The van der Waals surface area contributed by atoms with Gasteiger partial charge in [-0.3, -0.25) is 14.5 Å². The molecule has 5 heteroatoms. The van der Waals surface area contributed by atoms with Gasteiger partial charge in [0.05, 0.1) is 14.0 Å². The molecule has 0 radical (unpaired) electrons. The molecule has 1 aliphatic rings. The molecule has 2 rings (SSSR count). The van der Waals surface area contributed by atoms with Gasteiger partial charge in [0.2, 0.25) is 0 Å². The van der Waals surface area contributed by atoms with Crippen LogP contribution in [0.3, 0.4) is 0 Å². The second-order valence-corrected chi connectivity index (χ2v) is 8.93. The molecule has 2 heterocycles. The third-order valence-corrected chi connectivity index (χ3v) is 6.48. The van der Waals surface area contributed by atoms with Crippen molar-refractivity contribution in [3.05, 3.63) is 19.4 Å². The molecule has 23 heavy (non-hydrogen) atoms. The number of unbranched alkanes of at least 4 members (excludes halogenated alkanes) is 9. The van der Waals surface area contributed by atoms with Gasteiger partial charge in [0.15, 0.2) is 0 Å². The zero-order chi connectivity index (χ0) is 16.7. The Morgan fingerprint density at radius 1 is 0.913 bits per heavy atom. The highest BCUT2D eigenvalue weighted by molar-refractivity contribution is 14.1. The Morgan fingerprint density at radius 2 is 1.48 bits per heavy atom. The fraction of sp³-hybridized carbons (Fsp3) is 0.667. The number of imide groups is 1. The summed E-state index contributed by atoms with van der Waals surface area (Å²) in [5.74, 6) is -0.188. The maximum Gasteiger partial charge on any atom is 0.263 e. The highest BCUT2D eigenvalue weighted by Gasteiger charge is 2.37. The number of rotatable bonds is 11. The lowest BCUT2D eigenvalue weighted by Gasteiger charge is -2.13. The number of hydrogen-bond acceptors (Lipinski definition) is 3. The maximum atomic E-state index is 12.3. The molecule has 0 N–H and O–H groups in total. The average molecular weight is 447 g/mol. The summed E-state index contributed by atoms with van der Waals surface area (Å²) in [6, 6.07) is 0. The molecule has 0 unspecified atom stereocenters. The molecular weight excluding hydrogens is 421 g/mol. The molecule has 1 aromatic rings. The molecule has 0 spiro atoms. The topological polar surface area (TPSA) is 37.4 Å². The van der Waals surface area contributed by atoms with Crippen LogP contribution in [0.1, 0.15) is 91.8 Å². The number of fused-ring (bicyclic) bond motifs is 1. The van der Waals surface area contributed by atoms with Gasteiger partial charge in [0.1, 0.15) is 0 Å². The summed E-state index contributed by atoms with van der Waals surface area (Å²) in [5.41, 5.74) is 1.24. The second kappa shape index (κ2) is 9.77. The Morgan fingerprint density at radius 3 is 2.04 bits per heavy atom. The van der Waals surface area contributed by atoms with Crippen LogP contribution in [0.25, 0.3) is 0 Å². The van der Waals surface area contributed by atoms with E-state index < -0.39 is 0 Å². The molecule has 0 saturated carbocycles. The highest BCUT2D eigenvalue weighted by Crippen LogP contribution is 2.32. The summed E-state index contributed by atoms with van der Waals surface area (Å²) in [7, 11) is 0. The number of hydrogen-bond donors (Lipinski definition) is 0.